The Morgan fingerprint density at radius 3 is 2.26 bits per heavy atom. The molecule has 0 radical (unpaired) electrons. The number of hydrogen-bond acceptors (Lipinski definition) is 5. The summed E-state index contributed by atoms with van der Waals surface area (Å²) in [6, 6.07) is 16.2. The zero-order valence-electron chi connectivity index (χ0n) is 17.6. The lowest BCUT2D eigenvalue weighted by Crippen LogP contribution is -2.30. The predicted molar refractivity (Wildman–Crippen MR) is 119 cm³/mol. The summed E-state index contributed by atoms with van der Waals surface area (Å²) in [4.78, 5) is 24.1. The van der Waals surface area contributed by atoms with Gasteiger partial charge in [0, 0.05) is 29.9 Å². The van der Waals surface area contributed by atoms with Crippen molar-refractivity contribution in [2.24, 2.45) is 0 Å². The van der Waals surface area contributed by atoms with Crippen molar-refractivity contribution in [1.29, 1.82) is 0 Å². The number of rotatable bonds is 8. The van der Waals surface area contributed by atoms with Crippen molar-refractivity contribution in [2.45, 2.75) is 25.7 Å². The molecule has 0 unspecified atom stereocenters. The quantitative estimate of drug-likeness (QED) is 0.523. The monoisotopic (exact) mass is 440 g/mol. The normalized spacial score (nSPS) is 11.5. The highest BCUT2D eigenvalue weighted by Gasteiger charge is 2.22. The summed E-state index contributed by atoms with van der Waals surface area (Å²) < 4.78 is 32.4. The molecule has 0 bridgehead atoms. The topological polar surface area (TPSA) is 96.7 Å². The van der Waals surface area contributed by atoms with Gasteiger partial charge in [-0.15, -0.1) is 0 Å². The number of nitrogens with one attached hydrogen (secondary N) is 1. The fourth-order valence-corrected chi connectivity index (χ4v) is 4.63. The Balaban J connectivity index is 1.78. The molecule has 2 aromatic carbocycles. The van der Waals surface area contributed by atoms with E-state index in [2.05, 4.69) is 5.32 Å². The van der Waals surface area contributed by atoms with E-state index in [0.717, 1.165) is 5.56 Å². The highest BCUT2D eigenvalue weighted by molar-refractivity contribution is 7.89. The molecule has 0 aliphatic rings. The molecule has 8 heteroatoms. The van der Waals surface area contributed by atoms with Gasteiger partial charge in [0.25, 0.3) is 5.91 Å². The van der Waals surface area contributed by atoms with Gasteiger partial charge in [-0.3, -0.25) is 9.59 Å². The second kappa shape index (κ2) is 9.28. The summed E-state index contributed by atoms with van der Waals surface area (Å²) in [5.41, 5.74) is 1.67. The molecule has 3 aromatic rings. The van der Waals surface area contributed by atoms with Crippen LogP contribution >= 0.6 is 0 Å². The summed E-state index contributed by atoms with van der Waals surface area (Å²) in [7, 11) is -3.63. The van der Waals surface area contributed by atoms with Crippen LogP contribution in [0.1, 0.15) is 41.7 Å². The number of nitrogens with zero attached hydrogens (tertiary/aromatic N) is 1. The molecule has 0 aliphatic carbocycles. The van der Waals surface area contributed by atoms with Crippen molar-refractivity contribution in [1.82, 2.24) is 4.31 Å². The van der Waals surface area contributed by atoms with Crippen LogP contribution in [-0.2, 0) is 10.0 Å². The van der Waals surface area contributed by atoms with E-state index >= 15 is 0 Å². The Kier molecular flexibility index (Phi) is 6.72. The maximum atomic E-state index is 12.7. The zero-order chi connectivity index (χ0) is 22.6. The lowest BCUT2D eigenvalue weighted by Gasteiger charge is -2.18. The molecule has 1 aromatic heterocycles. The van der Waals surface area contributed by atoms with Gasteiger partial charge in [-0.25, -0.2) is 8.42 Å². The van der Waals surface area contributed by atoms with Crippen LogP contribution in [0.3, 0.4) is 0 Å². The molecule has 7 nitrogen and oxygen atoms in total. The first-order valence-corrected chi connectivity index (χ1v) is 11.3. The molecular formula is C23H24N2O5S. The zero-order valence-corrected chi connectivity index (χ0v) is 18.4. The van der Waals surface area contributed by atoms with E-state index in [1.54, 1.807) is 62.4 Å². The van der Waals surface area contributed by atoms with Crippen molar-refractivity contribution in [2.75, 3.05) is 18.4 Å². The number of carbonyl (C=O) groups excluding carboxylic acids is 2. The molecule has 0 aliphatic heterocycles. The van der Waals surface area contributed by atoms with Gasteiger partial charge in [0.2, 0.25) is 10.0 Å². The third kappa shape index (κ3) is 4.92. The minimum absolute atomic E-state index is 0.0312. The van der Waals surface area contributed by atoms with E-state index in [-0.39, 0.29) is 16.4 Å². The van der Waals surface area contributed by atoms with E-state index < -0.39 is 15.9 Å². The second-order valence-corrected chi connectivity index (χ2v) is 8.81. The summed E-state index contributed by atoms with van der Waals surface area (Å²) in [5.74, 6) is 0.0426. The molecule has 0 saturated carbocycles. The number of anilines is 1. The van der Waals surface area contributed by atoms with Crippen LogP contribution < -0.4 is 5.32 Å². The van der Waals surface area contributed by atoms with E-state index in [4.69, 9.17) is 4.42 Å². The van der Waals surface area contributed by atoms with E-state index in [1.165, 1.54) is 23.4 Å². The molecule has 31 heavy (non-hydrogen) atoms. The van der Waals surface area contributed by atoms with Gasteiger partial charge in [-0.05, 0) is 37.3 Å². The van der Waals surface area contributed by atoms with Crippen LogP contribution in [0.4, 0.5) is 5.69 Å². The molecule has 0 spiro atoms. The SMILES string of the molecule is CCN(CC)S(=O)(=O)c1cccc(NC(=O)c2ccc(-c3ccc(C(C)=O)cc3)o2)c1. The molecule has 3 rings (SSSR count). The first kappa shape index (κ1) is 22.5. The number of ketones is 1. The highest BCUT2D eigenvalue weighted by Crippen LogP contribution is 2.24. The van der Waals surface area contributed by atoms with Crippen LogP contribution in [0.25, 0.3) is 11.3 Å². The number of hydrogen-bond donors (Lipinski definition) is 1. The number of furan rings is 1. The molecule has 1 amide bonds. The average Bonchev–Trinajstić information content (AvgIpc) is 3.25. The fraction of sp³-hybridized carbons (Fsp3) is 0.217. The summed E-state index contributed by atoms with van der Waals surface area (Å²) in [5, 5.41) is 2.67. The summed E-state index contributed by atoms with van der Waals surface area (Å²) in [6.07, 6.45) is 0. The predicted octanol–water partition coefficient (Wildman–Crippen LogP) is 4.43. The summed E-state index contributed by atoms with van der Waals surface area (Å²) >= 11 is 0. The minimum atomic E-state index is -3.63. The van der Waals surface area contributed by atoms with Crippen LogP contribution in [0.5, 0.6) is 0 Å². The molecule has 0 saturated heterocycles. The van der Waals surface area contributed by atoms with Crippen molar-refractivity contribution < 1.29 is 22.4 Å². The Labute approximate surface area is 181 Å². The molecule has 162 valence electrons. The van der Waals surface area contributed by atoms with Crippen LogP contribution in [-0.4, -0.2) is 37.5 Å². The van der Waals surface area contributed by atoms with Crippen LogP contribution in [0.2, 0.25) is 0 Å². The van der Waals surface area contributed by atoms with Crippen LogP contribution in [0, 0.1) is 0 Å². The molecule has 0 fully saturated rings. The Bertz CT molecular complexity index is 1190. The maximum absolute atomic E-state index is 12.7. The van der Waals surface area contributed by atoms with Gasteiger partial charge in [0.1, 0.15) is 5.76 Å². The molecule has 1 N–H and O–H groups in total. The van der Waals surface area contributed by atoms with Crippen molar-refractivity contribution in [3.63, 3.8) is 0 Å². The van der Waals surface area contributed by atoms with Gasteiger partial charge in [0.05, 0.1) is 4.90 Å². The Morgan fingerprint density at radius 1 is 0.968 bits per heavy atom. The first-order valence-electron chi connectivity index (χ1n) is 9.89. The van der Waals surface area contributed by atoms with E-state index in [9.17, 15) is 18.0 Å². The van der Waals surface area contributed by atoms with Crippen molar-refractivity contribution >= 4 is 27.4 Å². The van der Waals surface area contributed by atoms with E-state index in [1.807, 2.05) is 0 Å². The third-order valence-electron chi connectivity index (χ3n) is 4.84. The molecular weight excluding hydrogens is 416 g/mol. The second-order valence-electron chi connectivity index (χ2n) is 6.87. The van der Waals surface area contributed by atoms with Crippen molar-refractivity contribution in [3.05, 3.63) is 72.0 Å². The lowest BCUT2D eigenvalue weighted by atomic mass is 10.1. The van der Waals surface area contributed by atoms with Crippen molar-refractivity contribution in [3.8, 4) is 11.3 Å². The average molecular weight is 441 g/mol. The van der Waals surface area contributed by atoms with Crippen LogP contribution in [0.15, 0.2) is 70.0 Å². The van der Waals surface area contributed by atoms with E-state index in [0.29, 0.717) is 30.1 Å². The number of carbonyl (C=O) groups is 2. The van der Waals surface area contributed by atoms with Gasteiger partial charge in [-0.1, -0.05) is 44.2 Å². The maximum Gasteiger partial charge on any atom is 0.291 e. The number of benzene rings is 2. The Morgan fingerprint density at radius 2 is 1.65 bits per heavy atom. The lowest BCUT2D eigenvalue weighted by molar-refractivity contribution is 0.0994. The molecule has 1 heterocycles. The number of amides is 1. The standard InChI is InChI=1S/C23H24N2O5S/c1-4-25(5-2)31(28,29)20-8-6-7-19(15-20)24-23(27)22-14-13-21(30-22)18-11-9-17(10-12-18)16(3)26/h6-15H,4-5H2,1-3H3,(H,24,27). The van der Waals surface area contributed by atoms with Gasteiger partial charge in [0.15, 0.2) is 11.5 Å². The first-order chi connectivity index (χ1) is 14.8. The van der Waals surface area contributed by atoms with Gasteiger partial charge < -0.3 is 9.73 Å². The number of Topliss-reactive ketones (excluding diaryl/α,β-unsaturated/α-hetero) is 1. The van der Waals surface area contributed by atoms with Gasteiger partial charge in [-0.2, -0.15) is 4.31 Å². The summed E-state index contributed by atoms with van der Waals surface area (Å²) in [6.45, 7) is 5.76. The van der Waals surface area contributed by atoms with Gasteiger partial charge >= 0.3 is 0 Å². The fourth-order valence-electron chi connectivity index (χ4n) is 3.12. The largest absolute Gasteiger partial charge is 0.451 e. The molecule has 0 atom stereocenters. The smallest absolute Gasteiger partial charge is 0.291 e. The highest BCUT2D eigenvalue weighted by atomic mass is 32.2. The Hall–Kier alpha value is -3.23. The number of sulfonamides is 1. The third-order valence-corrected chi connectivity index (χ3v) is 6.89. The minimum Gasteiger partial charge on any atom is -0.451 e.